The molecule has 0 aliphatic heterocycles. The summed E-state index contributed by atoms with van der Waals surface area (Å²) in [6.07, 6.45) is 2.40. The second kappa shape index (κ2) is 17.4. The third-order valence-corrected chi connectivity index (χ3v) is 3.18. The first-order chi connectivity index (χ1) is 15.4. The Morgan fingerprint density at radius 2 is 0.636 bits per heavy atom. The topological polar surface area (TPSA) is 178 Å². The summed E-state index contributed by atoms with van der Waals surface area (Å²) in [5.74, 6) is 0. The van der Waals surface area contributed by atoms with Gasteiger partial charge in [0.15, 0.2) is 0 Å². The molecule has 0 unspecified atom stereocenters. The van der Waals surface area contributed by atoms with Crippen molar-refractivity contribution in [3.8, 4) is 22.8 Å². The molecule has 4 heterocycles. The predicted molar refractivity (Wildman–Crippen MR) is 106 cm³/mol. The number of nitrogens with zero attached hydrogens (tertiary/aromatic N) is 4. The summed E-state index contributed by atoms with van der Waals surface area (Å²) in [6.45, 7) is 0. The molecule has 0 spiro atoms. The summed E-state index contributed by atoms with van der Waals surface area (Å²) in [5, 5.41) is 33.3. The maximum atomic E-state index is 8.33. The summed E-state index contributed by atoms with van der Waals surface area (Å²) in [7, 11) is 0. The Morgan fingerprint density at radius 3 is 0.758 bits per heavy atom. The van der Waals surface area contributed by atoms with Gasteiger partial charge >= 0.3 is 19.5 Å². The minimum absolute atomic E-state index is 0. The molecule has 0 atom stereocenters. The summed E-state index contributed by atoms with van der Waals surface area (Å²) in [5.41, 5.74) is 3.66. The zero-order valence-corrected chi connectivity index (χ0v) is 18.6. The van der Waals surface area contributed by atoms with E-state index < -0.39 is 12.3 Å². The van der Waals surface area contributed by atoms with Gasteiger partial charge in [-0.15, -0.1) is 0 Å². The van der Waals surface area contributed by atoms with E-state index >= 15 is 0 Å². The molecular weight excluding hydrogens is 517 g/mol. The predicted octanol–water partition coefficient (Wildman–Crippen LogP) is -0.609. The second-order valence-corrected chi connectivity index (χ2v) is 5.36. The maximum absolute atomic E-state index is 8.33. The van der Waals surface area contributed by atoms with E-state index in [1.54, 1.807) is 24.8 Å². The third kappa shape index (κ3) is 14.4. The molecule has 0 radical (unpaired) electrons. The van der Waals surface area contributed by atoms with Crippen LogP contribution in [0.4, 0.5) is 9.59 Å². The fourth-order valence-corrected chi connectivity index (χ4v) is 2.06. The Morgan fingerprint density at radius 1 is 0.455 bits per heavy atom. The van der Waals surface area contributed by atoms with Crippen molar-refractivity contribution in [2.24, 2.45) is 0 Å². The van der Waals surface area contributed by atoms with E-state index in [1.165, 1.54) is 0 Å². The minimum Gasteiger partial charge on any atom is -0.652 e. The average Bonchev–Trinajstić information content (AvgIpc) is 2.81. The monoisotopic (exact) mass is 534 g/mol. The standard InChI is InChI=1S/2C10H8N2.2CH2O3.Ru/c2*1-3-7-11-9(5-1)10-6-2-4-8-12-10;2*2-1(3)4;/h2*1-8H;2*(H2,2,3,4);/q;;;;+4/p-4. The molecule has 0 aliphatic rings. The van der Waals surface area contributed by atoms with Crippen LogP contribution in [0.15, 0.2) is 97.6 Å². The van der Waals surface area contributed by atoms with Crippen LogP contribution in [0.25, 0.3) is 22.8 Å². The fraction of sp³-hybridized carbons (Fsp3) is 0. The van der Waals surface area contributed by atoms with Gasteiger partial charge in [-0.25, -0.2) is 0 Å². The quantitative estimate of drug-likeness (QED) is 0.302. The van der Waals surface area contributed by atoms with Gasteiger partial charge in [-0.05, 0) is 60.8 Å². The van der Waals surface area contributed by atoms with Crippen molar-refractivity contribution in [2.45, 2.75) is 0 Å². The molecular formula is C22H16N4O6Ru. The van der Waals surface area contributed by atoms with Crippen molar-refractivity contribution >= 4 is 12.3 Å². The van der Waals surface area contributed by atoms with Crippen LogP contribution >= 0.6 is 0 Å². The molecule has 4 rings (SSSR count). The van der Waals surface area contributed by atoms with Crippen molar-refractivity contribution in [3.63, 3.8) is 0 Å². The molecule has 0 fully saturated rings. The van der Waals surface area contributed by atoms with Crippen LogP contribution in [0.3, 0.4) is 0 Å². The van der Waals surface area contributed by atoms with Crippen LogP contribution in [0.5, 0.6) is 0 Å². The molecule has 0 saturated carbocycles. The van der Waals surface area contributed by atoms with Gasteiger partial charge in [-0.1, -0.05) is 24.3 Å². The molecule has 0 aliphatic carbocycles. The maximum Gasteiger partial charge on any atom is 4.00 e. The van der Waals surface area contributed by atoms with Crippen molar-refractivity contribution in [3.05, 3.63) is 97.6 Å². The van der Waals surface area contributed by atoms with E-state index in [-0.39, 0.29) is 19.5 Å². The van der Waals surface area contributed by atoms with Crippen LogP contribution in [-0.4, -0.2) is 32.2 Å². The number of carboxylic acid groups (broad SMARTS) is 4. The Labute approximate surface area is 202 Å². The van der Waals surface area contributed by atoms with Gasteiger partial charge in [0.1, 0.15) is 0 Å². The van der Waals surface area contributed by atoms with Crippen molar-refractivity contribution < 1.29 is 49.5 Å². The van der Waals surface area contributed by atoms with Gasteiger partial charge in [0.25, 0.3) is 0 Å². The zero-order valence-electron chi connectivity index (χ0n) is 16.8. The fourth-order valence-electron chi connectivity index (χ4n) is 2.06. The van der Waals surface area contributed by atoms with E-state index in [2.05, 4.69) is 19.9 Å². The van der Waals surface area contributed by atoms with E-state index in [9.17, 15) is 0 Å². The smallest absolute Gasteiger partial charge is 0.652 e. The second-order valence-electron chi connectivity index (χ2n) is 5.36. The summed E-state index contributed by atoms with van der Waals surface area (Å²) in [4.78, 5) is 33.4. The van der Waals surface area contributed by atoms with Gasteiger partial charge in [0.05, 0.1) is 22.8 Å². The van der Waals surface area contributed by atoms with Gasteiger partial charge in [-0.2, -0.15) is 0 Å². The van der Waals surface area contributed by atoms with E-state index in [0.29, 0.717) is 0 Å². The number of rotatable bonds is 2. The van der Waals surface area contributed by atoms with Crippen LogP contribution in [0, 0.1) is 0 Å². The average molecular weight is 533 g/mol. The number of carbonyl (C=O) groups excluding carboxylic acids is 2. The molecule has 4 aromatic heterocycles. The van der Waals surface area contributed by atoms with Crippen LogP contribution in [0.2, 0.25) is 0 Å². The van der Waals surface area contributed by atoms with Crippen molar-refractivity contribution in [2.75, 3.05) is 0 Å². The number of hydrogen-bond acceptors (Lipinski definition) is 10. The first kappa shape index (κ1) is 28.8. The number of hydrogen-bond donors (Lipinski definition) is 0. The molecule has 33 heavy (non-hydrogen) atoms. The largest absolute Gasteiger partial charge is 4.00 e. The Hall–Kier alpha value is -4.24. The Bertz CT molecular complexity index is 873. The van der Waals surface area contributed by atoms with Crippen LogP contribution < -0.4 is 20.4 Å². The molecule has 0 bridgehead atoms. The van der Waals surface area contributed by atoms with Gasteiger partial charge in [0, 0.05) is 24.8 Å². The summed E-state index contributed by atoms with van der Waals surface area (Å²) >= 11 is 0. The van der Waals surface area contributed by atoms with E-state index in [1.807, 2.05) is 72.8 Å². The third-order valence-electron chi connectivity index (χ3n) is 3.18. The normalized spacial score (nSPS) is 8.48. The first-order valence-electron chi connectivity index (χ1n) is 8.81. The number of aromatic nitrogens is 4. The van der Waals surface area contributed by atoms with Crippen LogP contribution in [0.1, 0.15) is 0 Å². The molecule has 168 valence electrons. The van der Waals surface area contributed by atoms with Crippen LogP contribution in [-0.2, 0) is 19.5 Å². The Balaban J connectivity index is 0.000000462. The van der Waals surface area contributed by atoms with Crippen molar-refractivity contribution in [1.82, 2.24) is 19.9 Å². The zero-order chi connectivity index (χ0) is 23.6. The molecule has 0 saturated heterocycles. The summed E-state index contributed by atoms with van der Waals surface area (Å²) in [6, 6.07) is 23.2. The minimum atomic E-state index is -2.33. The van der Waals surface area contributed by atoms with E-state index in [4.69, 9.17) is 30.0 Å². The van der Waals surface area contributed by atoms with E-state index in [0.717, 1.165) is 22.8 Å². The first-order valence-corrected chi connectivity index (χ1v) is 8.81. The number of pyridine rings is 4. The van der Waals surface area contributed by atoms with Gasteiger partial charge < -0.3 is 30.0 Å². The molecule has 0 N–H and O–H groups in total. The molecule has 4 aromatic rings. The van der Waals surface area contributed by atoms with Gasteiger partial charge in [-0.3, -0.25) is 19.9 Å². The van der Waals surface area contributed by atoms with Crippen molar-refractivity contribution in [1.29, 1.82) is 0 Å². The summed E-state index contributed by atoms with van der Waals surface area (Å²) < 4.78 is 0. The number of carbonyl (C=O) groups is 2. The molecule has 11 heteroatoms. The Kier molecular flexibility index (Phi) is 15.2. The molecule has 0 aromatic carbocycles. The van der Waals surface area contributed by atoms with Gasteiger partial charge in [0.2, 0.25) is 0 Å². The SMILES string of the molecule is O=C([O-])[O-].O=C([O-])[O-].[Ru+4].c1ccc(-c2ccccn2)nc1.c1ccc(-c2ccccn2)nc1. The molecule has 10 nitrogen and oxygen atoms in total. The molecule has 0 amide bonds.